The number of pyridine rings is 1. The van der Waals surface area contributed by atoms with Crippen LogP contribution in [0.25, 0.3) is 0 Å². The lowest BCUT2D eigenvalue weighted by atomic mass is 9.87. The molecule has 0 radical (unpaired) electrons. The number of hydrogen-bond donors (Lipinski definition) is 1. The van der Waals surface area contributed by atoms with Gasteiger partial charge in [0, 0.05) is 23.9 Å². The molecule has 5 rings (SSSR count). The zero-order chi connectivity index (χ0) is 21.8. The van der Waals surface area contributed by atoms with Crippen LogP contribution in [0.4, 0.5) is 0 Å². The smallest absolute Gasteiger partial charge is 0.247 e. The molecule has 0 saturated heterocycles. The number of amides is 1. The fourth-order valence-corrected chi connectivity index (χ4v) is 4.13. The average Bonchev–Trinajstić information content (AvgIpc) is 3.56. The Morgan fingerprint density at radius 3 is 2.81 bits per heavy atom. The minimum Gasteiger partial charge on any atom is -0.485 e. The van der Waals surface area contributed by atoms with Crippen molar-refractivity contribution in [3.8, 4) is 11.8 Å². The molecular weight excluding hydrogens is 396 g/mol. The minimum atomic E-state index is -0.986. The molecule has 4 atom stereocenters. The molecule has 1 saturated carbocycles. The Balaban J connectivity index is 1.47. The number of ether oxygens (including phenoxy) is 2. The first-order valence-electron chi connectivity index (χ1n) is 10.2. The summed E-state index contributed by atoms with van der Waals surface area (Å²) in [6, 6.07) is 10.9. The monoisotopic (exact) mass is 418 g/mol. The molecule has 1 aromatic heterocycles. The molecule has 3 heterocycles. The zero-order valence-electron chi connectivity index (χ0n) is 17.2. The normalized spacial score (nSPS) is 27.9. The number of nitrogens with zero attached hydrogens (tertiary/aromatic N) is 4. The molecule has 1 aliphatic carbocycles. The third kappa shape index (κ3) is 3.41. The average molecular weight is 418 g/mol. The van der Waals surface area contributed by atoms with Crippen molar-refractivity contribution < 1.29 is 19.4 Å². The lowest BCUT2D eigenvalue weighted by Crippen LogP contribution is -2.50. The summed E-state index contributed by atoms with van der Waals surface area (Å²) in [5.41, 5.74) is 1.08. The molecule has 1 aromatic carbocycles. The molecule has 3 aliphatic rings. The molecule has 31 heavy (non-hydrogen) atoms. The van der Waals surface area contributed by atoms with Crippen molar-refractivity contribution >= 4 is 11.8 Å². The predicted molar refractivity (Wildman–Crippen MR) is 110 cm³/mol. The lowest BCUT2D eigenvalue weighted by Gasteiger charge is -2.42. The number of aliphatic hydroxyl groups excluding tert-OH is 1. The number of hydrogen-bond acceptors (Lipinski definition) is 7. The van der Waals surface area contributed by atoms with Crippen LogP contribution in [-0.4, -0.2) is 38.6 Å². The number of aromatic nitrogens is 1. The highest BCUT2D eigenvalue weighted by molar-refractivity contribution is 5.96. The predicted octanol–water partition coefficient (Wildman–Crippen LogP) is 2.53. The number of rotatable bonds is 3. The van der Waals surface area contributed by atoms with Gasteiger partial charge in [-0.05, 0) is 56.2 Å². The van der Waals surface area contributed by atoms with Crippen molar-refractivity contribution in [2.45, 2.75) is 44.6 Å². The maximum Gasteiger partial charge on any atom is 0.247 e. The first-order valence-corrected chi connectivity index (χ1v) is 10.2. The van der Waals surface area contributed by atoms with Gasteiger partial charge in [-0.25, -0.2) is 5.01 Å². The molecule has 158 valence electrons. The van der Waals surface area contributed by atoms with Crippen molar-refractivity contribution in [2.24, 2.45) is 16.9 Å². The van der Waals surface area contributed by atoms with E-state index in [1.165, 1.54) is 5.01 Å². The van der Waals surface area contributed by atoms with Gasteiger partial charge >= 0.3 is 0 Å². The summed E-state index contributed by atoms with van der Waals surface area (Å²) in [5.74, 6) is 0.752. The highest BCUT2D eigenvalue weighted by Gasteiger charge is 2.55. The Morgan fingerprint density at radius 2 is 2.06 bits per heavy atom. The first-order chi connectivity index (χ1) is 14.9. The van der Waals surface area contributed by atoms with Gasteiger partial charge in [-0.3, -0.25) is 9.78 Å². The highest BCUT2D eigenvalue weighted by Crippen LogP contribution is 2.48. The molecule has 0 spiro atoms. The largest absolute Gasteiger partial charge is 0.485 e. The second-order valence-corrected chi connectivity index (χ2v) is 8.69. The molecular formula is C23H22N4O4. The van der Waals surface area contributed by atoms with Gasteiger partial charge in [-0.2, -0.15) is 5.26 Å². The topological polar surface area (TPSA) is 108 Å². The standard InChI is InChI=1S/C23H22N4O4/c1-23(2)20(28)19(17-9-14(11-24)3-4-18(17)31-23)30-21-15-10-16(15)22(29)27(26-21)12-13-5-7-25-8-6-13/h3-9,15-16,19-20,28H,10,12H2,1-2H3/t15-,16+,19-,20+/m1/s1. The van der Waals surface area contributed by atoms with Crippen LogP contribution < -0.4 is 4.74 Å². The summed E-state index contributed by atoms with van der Waals surface area (Å²) in [6.07, 6.45) is 2.28. The molecule has 8 heteroatoms. The summed E-state index contributed by atoms with van der Waals surface area (Å²) in [5, 5.41) is 26.3. The Morgan fingerprint density at radius 1 is 1.29 bits per heavy atom. The summed E-state index contributed by atoms with van der Waals surface area (Å²) < 4.78 is 12.2. The van der Waals surface area contributed by atoms with Crippen molar-refractivity contribution in [3.63, 3.8) is 0 Å². The van der Waals surface area contributed by atoms with Gasteiger partial charge in [0.2, 0.25) is 11.8 Å². The summed E-state index contributed by atoms with van der Waals surface area (Å²) in [4.78, 5) is 16.7. The van der Waals surface area contributed by atoms with E-state index >= 15 is 0 Å². The molecule has 1 amide bonds. The van der Waals surface area contributed by atoms with Crippen molar-refractivity contribution in [1.29, 1.82) is 5.26 Å². The third-order valence-corrected chi connectivity index (χ3v) is 6.05. The number of carbonyl (C=O) groups is 1. The summed E-state index contributed by atoms with van der Waals surface area (Å²) in [7, 11) is 0. The van der Waals surface area contributed by atoms with Crippen LogP contribution in [0, 0.1) is 23.2 Å². The van der Waals surface area contributed by atoms with E-state index in [9.17, 15) is 15.2 Å². The van der Waals surface area contributed by atoms with E-state index in [0.717, 1.165) is 5.56 Å². The number of aliphatic hydroxyl groups is 1. The number of benzene rings is 1. The van der Waals surface area contributed by atoms with Gasteiger partial charge in [-0.15, -0.1) is 5.10 Å². The van der Waals surface area contributed by atoms with E-state index in [4.69, 9.17) is 9.47 Å². The van der Waals surface area contributed by atoms with Gasteiger partial charge in [0.1, 0.15) is 17.5 Å². The minimum absolute atomic E-state index is 0.0193. The molecule has 2 aromatic rings. The van der Waals surface area contributed by atoms with Crippen LogP contribution in [0.1, 0.15) is 43.1 Å². The Bertz CT molecular complexity index is 1110. The molecule has 2 aliphatic heterocycles. The van der Waals surface area contributed by atoms with Gasteiger partial charge in [-0.1, -0.05) is 0 Å². The number of hydrazone groups is 1. The van der Waals surface area contributed by atoms with Gasteiger partial charge in [0.05, 0.1) is 24.1 Å². The van der Waals surface area contributed by atoms with Crippen LogP contribution in [0.2, 0.25) is 0 Å². The SMILES string of the molecule is CC1(C)Oc2ccc(C#N)cc2[C@@H](OC2=NN(Cc3ccncc3)C(=O)[C@H]3C[C@@H]23)[C@@H]1O. The van der Waals surface area contributed by atoms with E-state index in [0.29, 0.717) is 35.7 Å². The maximum atomic E-state index is 12.7. The molecule has 8 nitrogen and oxygen atoms in total. The van der Waals surface area contributed by atoms with E-state index in [1.54, 1.807) is 44.4 Å². The van der Waals surface area contributed by atoms with E-state index in [-0.39, 0.29) is 17.7 Å². The third-order valence-electron chi connectivity index (χ3n) is 6.05. The fraction of sp³-hybridized carbons (Fsp3) is 0.391. The lowest BCUT2D eigenvalue weighted by molar-refractivity contribution is -0.135. The van der Waals surface area contributed by atoms with Crippen LogP contribution >= 0.6 is 0 Å². The van der Waals surface area contributed by atoms with E-state index in [1.807, 2.05) is 12.1 Å². The summed E-state index contributed by atoms with van der Waals surface area (Å²) in [6.45, 7) is 3.91. The molecule has 0 bridgehead atoms. The number of carbonyl (C=O) groups excluding carboxylic acids is 1. The van der Waals surface area contributed by atoms with Gasteiger partial charge < -0.3 is 14.6 Å². The second kappa shape index (κ2) is 7.06. The fourth-order valence-electron chi connectivity index (χ4n) is 4.13. The van der Waals surface area contributed by atoms with Crippen LogP contribution in [-0.2, 0) is 16.1 Å². The van der Waals surface area contributed by atoms with Crippen molar-refractivity contribution in [3.05, 3.63) is 59.4 Å². The first kappa shape index (κ1) is 19.5. The molecule has 1 fully saturated rings. The second-order valence-electron chi connectivity index (χ2n) is 8.69. The number of fused-ring (bicyclic) bond motifs is 2. The Kier molecular flexibility index (Phi) is 4.45. The Labute approximate surface area is 179 Å². The van der Waals surface area contributed by atoms with Crippen LogP contribution in [0.5, 0.6) is 5.75 Å². The number of nitriles is 1. The quantitative estimate of drug-likeness (QED) is 0.821. The van der Waals surface area contributed by atoms with E-state index in [2.05, 4.69) is 16.2 Å². The molecule has 0 unspecified atom stereocenters. The van der Waals surface area contributed by atoms with Gasteiger partial charge in [0.25, 0.3) is 0 Å². The molecule has 1 N–H and O–H groups in total. The zero-order valence-corrected chi connectivity index (χ0v) is 17.2. The summed E-state index contributed by atoms with van der Waals surface area (Å²) >= 11 is 0. The van der Waals surface area contributed by atoms with Gasteiger partial charge in [0.15, 0.2) is 6.10 Å². The van der Waals surface area contributed by atoms with Crippen LogP contribution in [0.3, 0.4) is 0 Å². The highest BCUT2D eigenvalue weighted by atomic mass is 16.5. The maximum absolute atomic E-state index is 12.7. The van der Waals surface area contributed by atoms with Crippen molar-refractivity contribution in [1.82, 2.24) is 9.99 Å². The van der Waals surface area contributed by atoms with Crippen LogP contribution in [0.15, 0.2) is 47.8 Å². The van der Waals surface area contributed by atoms with E-state index < -0.39 is 17.8 Å². The Hall–Kier alpha value is -3.44. The van der Waals surface area contributed by atoms with Crippen molar-refractivity contribution in [2.75, 3.05) is 0 Å².